The quantitative estimate of drug-likeness (QED) is 0.163. The van der Waals surface area contributed by atoms with Crippen LogP contribution in [0.1, 0.15) is 142 Å². The van der Waals surface area contributed by atoms with E-state index in [1.165, 1.54) is 116 Å². The average molecular weight is 412 g/mol. The third-order valence-electron chi connectivity index (χ3n) is 6.02. The molecule has 0 saturated heterocycles. The fourth-order valence-corrected chi connectivity index (χ4v) is 4.08. The minimum atomic E-state index is -0.656. The summed E-state index contributed by atoms with van der Waals surface area (Å²) in [7, 11) is 0. The summed E-state index contributed by atoms with van der Waals surface area (Å²) < 4.78 is 0. The Labute approximate surface area is 183 Å². The maximum atomic E-state index is 10.8. The molecule has 0 spiro atoms. The van der Waals surface area contributed by atoms with Crippen LogP contribution in [0.15, 0.2) is 0 Å². The predicted octanol–water partition coefficient (Wildman–Crippen LogP) is 8.21. The van der Waals surface area contributed by atoms with E-state index in [-0.39, 0.29) is 0 Å². The van der Waals surface area contributed by atoms with Crippen LogP contribution in [0.25, 0.3) is 0 Å². The molecule has 0 rings (SSSR count). The lowest BCUT2D eigenvalue weighted by Crippen LogP contribution is -2.27. The Kier molecular flexibility index (Phi) is 23.2. The molecular weight excluding hydrogens is 358 g/mol. The molecule has 0 aliphatic carbocycles. The molecule has 174 valence electrons. The first-order valence-corrected chi connectivity index (χ1v) is 13.1. The second kappa shape index (κ2) is 23.7. The zero-order valence-electron chi connectivity index (χ0n) is 20.1. The smallest absolute Gasteiger partial charge is 0.303 e. The van der Waals surface area contributed by atoms with Crippen molar-refractivity contribution in [1.29, 1.82) is 0 Å². The monoisotopic (exact) mass is 411 g/mol. The molecule has 0 heterocycles. The SMILES string of the molecule is CCCCCCCCCCCN(CCCCCCCCCCC)CCCC(=O)O. The molecule has 0 saturated carbocycles. The van der Waals surface area contributed by atoms with Crippen LogP contribution in [0.2, 0.25) is 0 Å². The Morgan fingerprint density at radius 3 is 1.17 bits per heavy atom. The summed E-state index contributed by atoms with van der Waals surface area (Å²) in [5.74, 6) is -0.656. The third kappa shape index (κ3) is 23.6. The van der Waals surface area contributed by atoms with Gasteiger partial charge in [0.25, 0.3) is 0 Å². The topological polar surface area (TPSA) is 40.5 Å². The summed E-state index contributed by atoms with van der Waals surface area (Å²) in [4.78, 5) is 13.3. The number of nitrogens with zero attached hydrogens (tertiary/aromatic N) is 1. The minimum Gasteiger partial charge on any atom is -0.481 e. The van der Waals surface area contributed by atoms with Crippen molar-refractivity contribution in [3.8, 4) is 0 Å². The van der Waals surface area contributed by atoms with Gasteiger partial charge in [-0.05, 0) is 38.9 Å². The number of carboxylic acid groups (broad SMARTS) is 1. The number of rotatable bonds is 24. The first-order valence-electron chi connectivity index (χ1n) is 13.1. The van der Waals surface area contributed by atoms with E-state index in [1.54, 1.807) is 0 Å². The van der Waals surface area contributed by atoms with Gasteiger partial charge in [-0.3, -0.25) is 4.79 Å². The summed E-state index contributed by atoms with van der Waals surface area (Å²) in [6.45, 7) is 7.83. The van der Waals surface area contributed by atoms with Gasteiger partial charge in [0, 0.05) is 6.42 Å². The molecule has 1 N–H and O–H groups in total. The molecule has 0 aromatic rings. The van der Waals surface area contributed by atoms with Gasteiger partial charge < -0.3 is 10.0 Å². The van der Waals surface area contributed by atoms with Crippen molar-refractivity contribution < 1.29 is 9.90 Å². The standard InChI is InChI=1S/C26H53NO2/c1-3-5-7-9-11-13-15-17-19-23-27(25-21-22-26(28)29)24-20-18-16-14-12-10-8-6-4-2/h3-25H2,1-2H3,(H,28,29). The summed E-state index contributed by atoms with van der Waals surface area (Å²) in [6, 6.07) is 0. The lowest BCUT2D eigenvalue weighted by molar-refractivity contribution is -0.137. The van der Waals surface area contributed by atoms with Crippen molar-refractivity contribution in [3.63, 3.8) is 0 Å². The Morgan fingerprint density at radius 1 is 0.517 bits per heavy atom. The molecule has 0 amide bonds. The maximum Gasteiger partial charge on any atom is 0.303 e. The highest BCUT2D eigenvalue weighted by atomic mass is 16.4. The third-order valence-corrected chi connectivity index (χ3v) is 6.02. The Bertz CT molecular complexity index is 311. The molecule has 0 atom stereocenters. The van der Waals surface area contributed by atoms with E-state index in [0.717, 1.165) is 26.1 Å². The lowest BCUT2D eigenvalue weighted by atomic mass is 10.1. The Balaban J connectivity index is 3.73. The molecule has 3 heteroatoms. The van der Waals surface area contributed by atoms with Gasteiger partial charge in [-0.2, -0.15) is 0 Å². The average Bonchev–Trinajstić information content (AvgIpc) is 2.70. The Hall–Kier alpha value is -0.570. The van der Waals surface area contributed by atoms with E-state index < -0.39 is 5.97 Å². The van der Waals surface area contributed by atoms with E-state index in [2.05, 4.69) is 18.7 Å². The molecule has 0 aliphatic heterocycles. The van der Waals surface area contributed by atoms with Crippen LogP contribution in [0.4, 0.5) is 0 Å². The largest absolute Gasteiger partial charge is 0.481 e. The number of aliphatic carboxylic acids is 1. The highest BCUT2D eigenvalue weighted by Crippen LogP contribution is 2.12. The van der Waals surface area contributed by atoms with Gasteiger partial charge in [0.2, 0.25) is 0 Å². The van der Waals surface area contributed by atoms with Crippen molar-refractivity contribution in [1.82, 2.24) is 4.90 Å². The van der Waals surface area contributed by atoms with Crippen LogP contribution in [0.5, 0.6) is 0 Å². The van der Waals surface area contributed by atoms with Crippen LogP contribution in [-0.2, 0) is 4.79 Å². The van der Waals surface area contributed by atoms with Gasteiger partial charge in [0.1, 0.15) is 0 Å². The lowest BCUT2D eigenvalue weighted by Gasteiger charge is -2.22. The molecule has 0 aromatic heterocycles. The molecule has 0 aliphatic rings. The van der Waals surface area contributed by atoms with E-state index in [9.17, 15) is 4.79 Å². The van der Waals surface area contributed by atoms with Crippen molar-refractivity contribution in [2.45, 2.75) is 142 Å². The number of carboxylic acids is 1. The molecule has 0 fully saturated rings. The van der Waals surface area contributed by atoms with E-state index in [0.29, 0.717) is 6.42 Å². The first-order chi connectivity index (χ1) is 14.2. The highest BCUT2D eigenvalue weighted by molar-refractivity contribution is 5.66. The fourth-order valence-electron chi connectivity index (χ4n) is 4.08. The van der Waals surface area contributed by atoms with E-state index in [4.69, 9.17) is 5.11 Å². The van der Waals surface area contributed by atoms with Gasteiger partial charge >= 0.3 is 5.97 Å². The maximum absolute atomic E-state index is 10.8. The van der Waals surface area contributed by atoms with Crippen molar-refractivity contribution >= 4 is 5.97 Å². The fraction of sp³-hybridized carbons (Fsp3) is 0.962. The normalized spacial score (nSPS) is 11.4. The van der Waals surface area contributed by atoms with Crippen molar-refractivity contribution in [2.24, 2.45) is 0 Å². The molecule has 0 aromatic carbocycles. The molecule has 0 unspecified atom stereocenters. The van der Waals surface area contributed by atoms with Gasteiger partial charge in [0.15, 0.2) is 0 Å². The van der Waals surface area contributed by atoms with Crippen LogP contribution < -0.4 is 0 Å². The van der Waals surface area contributed by atoms with E-state index >= 15 is 0 Å². The zero-order valence-corrected chi connectivity index (χ0v) is 20.1. The van der Waals surface area contributed by atoms with Gasteiger partial charge in [0.05, 0.1) is 0 Å². The summed E-state index contributed by atoms with van der Waals surface area (Å²) in [5.41, 5.74) is 0. The van der Waals surface area contributed by atoms with Crippen LogP contribution >= 0.6 is 0 Å². The molecule has 0 bridgehead atoms. The second-order valence-electron chi connectivity index (χ2n) is 9.00. The number of hydrogen-bond acceptors (Lipinski definition) is 2. The number of hydrogen-bond donors (Lipinski definition) is 1. The van der Waals surface area contributed by atoms with Crippen LogP contribution in [-0.4, -0.2) is 35.6 Å². The van der Waals surface area contributed by atoms with Gasteiger partial charge in [-0.25, -0.2) is 0 Å². The highest BCUT2D eigenvalue weighted by Gasteiger charge is 2.06. The summed E-state index contributed by atoms with van der Waals surface area (Å²) in [5, 5.41) is 8.91. The second-order valence-corrected chi connectivity index (χ2v) is 9.00. The van der Waals surface area contributed by atoms with Crippen LogP contribution in [0, 0.1) is 0 Å². The number of carbonyl (C=O) groups is 1. The zero-order chi connectivity index (χ0) is 21.4. The minimum absolute atomic E-state index is 0.312. The molecular formula is C26H53NO2. The molecule has 29 heavy (non-hydrogen) atoms. The summed E-state index contributed by atoms with van der Waals surface area (Å²) >= 11 is 0. The Morgan fingerprint density at radius 2 is 0.828 bits per heavy atom. The van der Waals surface area contributed by atoms with Gasteiger partial charge in [-0.1, -0.05) is 117 Å². The predicted molar refractivity (Wildman–Crippen MR) is 128 cm³/mol. The number of unbranched alkanes of at least 4 members (excludes halogenated alkanes) is 16. The molecule has 3 nitrogen and oxygen atoms in total. The van der Waals surface area contributed by atoms with Crippen LogP contribution in [0.3, 0.4) is 0 Å². The van der Waals surface area contributed by atoms with Crippen molar-refractivity contribution in [3.05, 3.63) is 0 Å². The molecule has 0 radical (unpaired) electrons. The van der Waals surface area contributed by atoms with E-state index in [1.807, 2.05) is 0 Å². The van der Waals surface area contributed by atoms with Crippen molar-refractivity contribution in [2.75, 3.05) is 19.6 Å². The first kappa shape index (κ1) is 28.4. The van der Waals surface area contributed by atoms with Gasteiger partial charge in [-0.15, -0.1) is 0 Å². The summed E-state index contributed by atoms with van der Waals surface area (Å²) in [6.07, 6.45) is 25.7.